The van der Waals surface area contributed by atoms with Crippen LogP contribution in [0, 0.1) is 17.5 Å². The molecule has 10 heteroatoms. The van der Waals surface area contributed by atoms with Gasteiger partial charge in [-0.05, 0) is 36.4 Å². The lowest BCUT2D eigenvalue weighted by molar-refractivity contribution is -0.137. The number of benzene rings is 2. The first-order valence-corrected chi connectivity index (χ1v) is 8.30. The molecule has 7 nitrogen and oxygen atoms in total. The standard InChI is InChI=1S/C19H14F3N3O4/c20-10-2-1-3-12(6-10)25-17(26)8-16(24-25)19(29)23-15(9-18(27)28)13-7-11(21)4-5-14(13)22/h1-8,15,24H,9H2,(H,23,29)(H,27,28). The number of hydrogen-bond acceptors (Lipinski definition) is 3. The lowest BCUT2D eigenvalue weighted by atomic mass is 10.0. The number of hydrogen-bond donors (Lipinski definition) is 3. The highest BCUT2D eigenvalue weighted by molar-refractivity contribution is 5.92. The van der Waals surface area contributed by atoms with Gasteiger partial charge in [0.25, 0.3) is 11.5 Å². The zero-order chi connectivity index (χ0) is 21.1. The minimum atomic E-state index is -1.39. The number of H-pyrrole nitrogens is 1. The van der Waals surface area contributed by atoms with Crippen LogP contribution >= 0.6 is 0 Å². The third-order valence-electron chi connectivity index (χ3n) is 4.05. The first-order chi connectivity index (χ1) is 13.7. The number of carboxylic acids is 1. The predicted molar refractivity (Wildman–Crippen MR) is 95.2 cm³/mol. The fraction of sp³-hybridized carbons (Fsp3) is 0.105. The van der Waals surface area contributed by atoms with E-state index in [1.165, 1.54) is 18.2 Å². The molecule has 1 atom stereocenters. The van der Waals surface area contributed by atoms with Crippen LogP contribution in [0.2, 0.25) is 0 Å². The molecule has 0 aliphatic heterocycles. The molecular weight excluding hydrogens is 391 g/mol. The van der Waals surface area contributed by atoms with Crippen LogP contribution in [0.25, 0.3) is 5.69 Å². The molecule has 0 radical (unpaired) electrons. The van der Waals surface area contributed by atoms with Gasteiger partial charge < -0.3 is 10.4 Å². The highest BCUT2D eigenvalue weighted by atomic mass is 19.1. The Morgan fingerprint density at radius 3 is 2.48 bits per heavy atom. The molecule has 1 unspecified atom stereocenters. The lowest BCUT2D eigenvalue weighted by Crippen LogP contribution is -2.31. The summed E-state index contributed by atoms with van der Waals surface area (Å²) in [7, 11) is 0. The maximum Gasteiger partial charge on any atom is 0.305 e. The largest absolute Gasteiger partial charge is 0.481 e. The number of rotatable bonds is 6. The minimum absolute atomic E-state index is 0.132. The molecular formula is C19H14F3N3O4. The minimum Gasteiger partial charge on any atom is -0.481 e. The van der Waals surface area contributed by atoms with Crippen molar-refractivity contribution in [1.29, 1.82) is 0 Å². The molecule has 150 valence electrons. The van der Waals surface area contributed by atoms with E-state index in [4.69, 9.17) is 5.11 Å². The quantitative estimate of drug-likeness (QED) is 0.586. The van der Waals surface area contributed by atoms with Crippen molar-refractivity contribution in [3.63, 3.8) is 0 Å². The van der Waals surface area contributed by atoms with Gasteiger partial charge in [0.1, 0.15) is 23.1 Å². The molecule has 0 aliphatic carbocycles. The summed E-state index contributed by atoms with van der Waals surface area (Å²) in [5, 5.41) is 13.8. The SMILES string of the molecule is O=C(O)CC(NC(=O)c1cc(=O)n(-c2cccc(F)c2)[nH]1)c1cc(F)ccc1F. The van der Waals surface area contributed by atoms with Gasteiger partial charge in [0.15, 0.2) is 0 Å². The van der Waals surface area contributed by atoms with E-state index in [1.807, 2.05) is 0 Å². The Morgan fingerprint density at radius 2 is 1.79 bits per heavy atom. The molecule has 1 aromatic heterocycles. The summed E-state index contributed by atoms with van der Waals surface area (Å²) >= 11 is 0. The van der Waals surface area contributed by atoms with Gasteiger partial charge in [-0.2, -0.15) is 0 Å². The number of aliphatic carboxylic acids is 1. The van der Waals surface area contributed by atoms with E-state index in [9.17, 15) is 27.6 Å². The molecule has 0 saturated heterocycles. The maximum atomic E-state index is 14.0. The summed E-state index contributed by atoms with van der Waals surface area (Å²) in [6, 6.07) is 7.01. The molecule has 29 heavy (non-hydrogen) atoms. The van der Waals surface area contributed by atoms with Gasteiger partial charge >= 0.3 is 5.97 Å². The molecule has 0 fully saturated rings. The van der Waals surface area contributed by atoms with E-state index in [2.05, 4.69) is 10.4 Å². The van der Waals surface area contributed by atoms with Gasteiger partial charge in [0.2, 0.25) is 0 Å². The number of carboxylic acid groups (broad SMARTS) is 1. The number of halogens is 3. The predicted octanol–water partition coefficient (Wildman–Crippen LogP) is 2.53. The smallest absolute Gasteiger partial charge is 0.305 e. The molecule has 0 aliphatic rings. The van der Waals surface area contributed by atoms with Crippen molar-refractivity contribution < 1.29 is 27.9 Å². The molecule has 0 spiro atoms. The summed E-state index contributed by atoms with van der Waals surface area (Å²) in [6.45, 7) is 0. The van der Waals surface area contributed by atoms with Gasteiger partial charge in [-0.1, -0.05) is 6.07 Å². The maximum absolute atomic E-state index is 14.0. The second kappa shape index (κ2) is 8.05. The third-order valence-corrected chi connectivity index (χ3v) is 4.05. The van der Waals surface area contributed by atoms with Gasteiger partial charge in [-0.25, -0.2) is 17.9 Å². The Balaban J connectivity index is 1.91. The number of aromatic nitrogens is 2. The second-order valence-corrected chi connectivity index (χ2v) is 6.11. The monoisotopic (exact) mass is 405 g/mol. The van der Waals surface area contributed by atoms with Crippen LogP contribution in [0.5, 0.6) is 0 Å². The van der Waals surface area contributed by atoms with Crippen molar-refractivity contribution in [2.75, 3.05) is 0 Å². The van der Waals surface area contributed by atoms with Crippen molar-refractivity contribution in [2.45, 2.75) is 12.5 Å². The number of aromatic amines is 1. The number of amides is 1. The van der Waals surface area contributed by atoms with E-state index >= 15 is 0 Å². The molecule has 2 aromatic carbocycles. The first-order valence-electron chi connectivity index (χ1n) is 8.30. The van der Waals surface area contributed by atoms with E-state index in [0.717, 1.165) is 35.0 Å². The number of nitrogens with zero attached hydrogens (tertiary/aromatic N) is 1. The van der Waals surface area contributed by atoms with Crippen molar-refractivity contribution in [3.05, 3.63) is 87.6 Å². The van der Waals surface area contributed by atoms with Gasteiger partial charge in [-0.15, -0.1) is 0 Å². The summed E-state index contributed by atoms with van der Waals surface area (Å²) in [5.41, 5.74) is -1.17. The summed E-state index contributed by atoms with van der Waals surface area (Å²) in [6.07, 6.45) is -0.721. The Hall–Kier alpha value is -3.82. The van der Waals surface area contributed by atoms with Crippen molar-refractivity contribution in [2.24, 2.45) is 0 Å². The lowest BCUT2D eigenvalue weighted by Gasteiger charge is -2.17. The molecule has 0 saturated carbocycles. The molecule has 1 amide bonds. The zero-order valence-electron chi connectivity index (χ0n) is 14.7. The Labute approximate surface area is 161 Å². The van der Waals surface area contributed by atoms with E-state index < -0.39 is 47.4 Å². The van der Waals surface area contributed by atoms with Crippen LogP contribution in [-0.4, -0.2) is 26.8 Å². The molecule has 0 bridgehead atoms. The van der Waals surface area contributed by atoms with Crippen LogP contribution in [0.1, 0.15) is 28.5 Å². The molecule has 3 N–H and O–H groups in total. The Bertz CT molecular complexity index is 1140. The Kier molecular flexibility index (Phi) is 5.53. The van der Waals surface area contributed by atoms with Crippen molar-refractivity contribution >= 4 is 11.9 Å². The van der Waals surface area contributed by atoms with E-state index in [1.54, 1.807) is 0 Å². The van der Waals surface area contributed by atoms with Crippen LogP contribution in [0.3, 0.4) is 0 Å². The third kappa shape index (κ3) is 4.54. The highest BCUT2D eigenvalue weighted by Gasteiger charge is 2.24. The van der Waals surface area contributed by atoms with Crippen LogP contribution < -0.4 is 10.9 Å². The average molecular weight is 405 g/mol. The van der Waals surface area contributed by atoms with Gasteiger partial charge in [-0.3, -0.25) is 19.5 Å². The number of nitrogens with one attached hydrogen (secondary N) is 2. The fourth-order valence-corrected chi connectivity index (χ4v) is 2.75. The van der Waals surface area contributed by atoms with E-state index in [0.29, 0.717) is 0 Å². The normalized spacial score (nSPS) is 11.8. The van der Waals surface area contributed by atoms with Crippen molar-refractivity contribution in [1.82, 2.24) is 15.1 Å². The zero-order valence-corrected chi connectivity index (χ0v) is 14.7. The van der Waals surface area contributed by atoms with Crippen LogP contribution in [0.15, 0.2) is 53.3 Å². The van der Waals surface area contributed by atoms with Crippen LogP contribution in [-0.2, 0) is 4.79 Å². The summed E-state index contributed by atoms with van der Waals surface area (Å²) in [4.78, 5) is 35.7. The average Bonchev–Trinajstić information content (AvgIpc) is 3.05. The second-order valence-electron chi connectivity index (χ2n) is 6.11. The fourth-order valence-electron chi connectivity index (χ4n) is 2.75. The molecule has 1 heterocycles. The van der Waals surface area contributed by atoms with Crippen LogP contribution in [0.4, 0.5) is 13.2 Å². The van der Waals surface area contributed by atoms with E-state index in [-0.39, 0.29) is 16.9 Å². The highest BCUT2D eigenvalue weighted by Crippen LogP contribution is 2.22. The summed E-state index contributed by atoms with van der Waals surface area (Å²) in [5.74, 6) is -4.59. The number of carbonyl (C=O) groups excluding carboxylic acids is 1. The number of carbonyl (C=O) groups is 2. The topological polar surface area (TPSA) is 104 Å². The molecule has 3 aromatic rings. The van der Waals surface area contributed by atoms with Gasteiger partial charge in [0, 0.05) is 11.6 Å². The summed E-state index contributed by atoms with van der Waals surface area (Å²) < 4.78 is 41.8. The Morgan fingerprint density at radius 1 is 1.07 bits per heavy atom. The van der Waals surface area contributed by atoms with Crippen molar-refractivity contribution in [3.8, 4) is 5.69 Å². The molecule has 3 rings (SSSR count). The van der Waals surface area contributed by atoms with Gasteiger partial charge in [0.05, 0.1) is 18.2 Å². The first kappa shape index (κ1) is 19.9.